The Morgan fingerprint density at radius 3 is 2.52 bits per heavy atom. The highest BCUT2D eigenvalue weighted by atomic mass is 32.2. The topological polar surface area (TPSA) is 96.0 Å². The number of hydrogen-bond acceptors (Lipinski definition) is 6. The summed E-state index contributed by atoms with van der Waals surface area (Å²) >= 11 is 0. The summed E-state index contributed by atoms with van der Waals surface area (Å²) in [6.45, 7) is 1.64. The number of anilines is 1. The second-order valence-corrected chi connectivity index (χ2v) is 10.2. The number of rotatable bonds is 3. The Morgan fingerprint density at radius 1 is 1.14 bits per heavy atom. The number of carbonyl (C=O) groups excluding carboxylic acids is 2. The Bertz CT molecular complexity index is 895. The number of para-hydroxylation sites is 2. The zero-order valence-corrected chi connectivity index (χ0v) is 17.4. The van der Waals surface area contributed by atoms with Crippen molar-refractivity contribution >= 4 is 27.3 Å². The molecule has 0 spiro atoms. The predicted octanol–water partition coefficient (Wildman–Crippen LogP) is 0.426. The maximum atomic E-state index is 13.3. The van der Waals surface area contributed by atoms with Gasteiger partial charge in [0.1, 0.15) is 5.75 Å². The van der Waals surface area contributed by atoms with Crippen molar-refractivity contribution in [3.8, 4) is 5.75 Å². The Hall–Kier alpha value is -2.13. The van der Waals surface area contributed by atoms with Gasteiger partial charge in [0, 0.05) is 19.0 Å². The van der Waals surface area contributed by atoms with E-state index in [1.165, 1.54) is 0 Å². The van der Waals surface area contributed by atoms with Crippen LogP contribution in [-0.4, -0.2) is 75.5 Å². The van der Waals surface area contributed by atoms with Gasteiger partial charge in [-0.15, -0.1) is 0 Å². The molecule has 0 radical (unpaired) electrons. The monoisotopic (exact) mass is 421 g/mol. The molecular weight excluding hydrogens is 394 g/mol. The van der Waals surface area contributed by atoms with Gasteiger partial charge in [0.25, 0.3) is 5.91 Å². The van der Waals surface area contributed by atoms with E-state index in [1.807, 2.05) is 18.2 Å². The summed E-state index contributed by atoms with van der Waals surface area (Å²) in [4.78, 5) is 29.4. The molecule has 2 fully saturated rings. The molecular formula is C20H27N3O5S. The van der Waals surface area contributed by atoms with Gasteiger partial charge in [-0.1, -0.05) is 12.1 Å². The van der Waals surface area contributed by atoms with Crippen LogP contribution in [0.3, 0.4) is 0 Å². The maximum Gasteiger partial charge on any atom is 0.262 e. The zero-order valence-electron chi connectivity index (χ0n) is 16.5. The molecule has 0 saturated carbocycles. The van der Waals surface area contributed by atoms with Gasteiger partial charge in [-0.25, -0.2) is 8.42 Å². The van der Waals surface area contributed by atoms with Gasteiger partial charge in [-0.3, -0.25) is 14.5 Å². The van der Waals surface area contributed by atoms with Gasteiger partial charge >= 0.3 is 0 Å². The molecule has 2 amide bonds. The number of amides is 2. The second-order valence-electron chi connectivity index (χ2n) is 8.00. The van der Waals surface area contributed by atoms with E-state index in [4.69, 9.17) is 4.74 Å². The first-order valence-corrected chi connectivity index (χ1v) is 11.9. The average Bonchev–Trinajstić information content (AvgIpc) is 3.11. The summed E-state index contributed by atoms with van der Waals surface area (Å²) in [6.07, 6.45) is 1.34. The summed E-state index contributed by atoms with van der Waals surface area (Å²) in [7, 11) is -1.36. The lowest BCUT2D eigenvalue weighted by Crippen LogP contribution is -2.53. The molecule has 0 unspecified atom stereocenters. The SMILES string of the molecule is CNC(=O)[C@@H]1CN(C(=O)C2CCN([C@@H]3CCS(=O)(=O)C3)CC2)c2ccccc2O1. The molecule has 3 heterocycles. The molecule has 0 aromatic heterocycles. The minimum absolute atomic E-state index is 0.00773. The summed E-state index contributed by atoms with van der Waals surface area (Å²) in [5.41, 5.74) is 0.696. The molecule has 0 bridgehead atoms. The molecule has 3 aliphatic heterocycles. The fourth-order valence-electron chi connectivity index (χ4n) is 4.54. The number of hydrogen-bond donors (Lipinski definition) is 1. The number of likely N-dealkylation sites (N-methyl/N-ethyl adjacent to an activating group) is 1. The number of benzene rings is 1. The third kappa shape index (κ3) is 4.11. The highest BCUT2D eigenvalue weighted by Gasteiger charge is 2.39. The zero-order chi connectivity index (χ0) is 20.6. The molecule has 8 nitrogen and oxygen atoms in total. The minimum Gasteiger partial charge on any atom is -0.477 e. The minimum atomic E-state index is -2.91. The van der Waals surface area contributed by atoms with Crippen LogP contribution in [0.4, 0.5) is 5.69 Å². The van der Waals surface area contributed by atoms with E-state index < -0.39 is 15.9 Å². The van der Waals surface area contributed by atoms with Gasteiger partial charge in [0.15, 0.2) is 15.9 Å². The van der Waals surface area contributed by atoms with Crippen molar-refractivity contribution in [2.24, 2.45) is 5.92 Å². The third-order valence-electron chi connectivity index (χ3n) is 6.18. The van der Waals surface area contributed by atoms with Crippen LogP contribution in [0.25, 0.3) is 0 Å². The predicted molar refractivity (Wildman–Crippen MR) is 109 cm³/mol. The molecule has 3 aliphatic rings. The van der Waals surface area contributed by atoms with Crippen LogP contribution in [0.5, 0.6) is 5.75 Å². The van der Waals surface area contributed by atoms with E-state index >= 15 is 0 Å². The molecule has 29 heavy (non-hydrogen) atoms. The smallest absolute Gasteiger partial charge is 0.262 e. The van der Waals surface area contributed by atoms with E-state index in [-0.39, 0.29) is 41.8 Å². The van der Waals surface area contributed by atoms with Crippen molar-refractivity contribution in [1.29, 1.82) is 0 Å². The molecule has 2 atom stereocenters. The Morgan fingerprint density at radius 2 is 1.86 bits per heavy atom. The quantitative estimate of drug-likeness (QED) is 0.760. The number of piperidine rings is 1. The van der Waals surface area contributed by atoms with Gasteiger partial charge in [0.2, 0.25) is 5.91 Å². The Kier molecular flexibility index (Phi) is 5.52. The first-order chi connectivity index (χ1) is 13.9. The fourth-order valence-corrected chi connectivity index (χ4v) is 6.30. The molecule has 2 saturated heterocycles. The number of likely N-dealkylation sites (tertiary alicyclic amines) is 1. The number of nitrogens with zero attached hydrogens (tertiary/aromatic N) is 2. The van der Waals surface area contributed by atoms with Crippen LogP contribution in [0, 0.1) is 5.92 Å². The average molecular weight is 422 g/mol. The van der Waals surface area contributed by atoms with Crippen LogP contribution in [0.15, 0.2) is 24.3 Å². The first-order valence-electron chi connectivity index (χ1n) is 10.1. The van der Waals surface area contributed by atoms with E-state index in [0.717, 1.165) is 13.1 Å². The lowest BCUT2D eigenvalue weighted by atomic mass is 9.93. The third-order valence-corrected chi connectivity index (χ3v) is 7.93. The van der Waals surface area contributed by atoms with Crippen molar-refractivity contribution in [2.45, 2.75) is 31.4 Å². The normalized spacial score (nSPS) is 27.1. The molecule has 4 rings (SSSR count). The molecule has 9 heteroatoms. The van der Waals surface area contributed by atoms with Crippen LogP contribution >= 0.6 is 0 Å². The van der Waals surface area contributed by atoms with Crippen LogP contribution in [0.1, 0.15) is 19.3 Å². The highest BCUT2D eigenvalue weighted by molar-refractivity contribution is 7.91. The van der Waals surface area contributed by atoms with Crippen molar-refractivity contribution in [3.63, 3.8) is 0 Å². The lowest BCUT2D eigenvalue weighted by molar-refractivity contribution is -0.128. The van der Waals surface area contributed by atoms with Crippen molar-refractivity contribution in [1.82, 2.24) is 10.2 Å². The summed E-state index contributed by atoms with van der Waals surface area (Å²) in [6, 6.07) is 7.37. The van der Waals surface area contributed by atoms with Crippen molar-refractivity contribution < 1.29 is 22.7 Å². The van der Waals surface area contributed by atoms with Crippen LogP contribution in [0.2, 0.25) is 0 Å². The summed E-state index contributed by atoms with van der Waals surface area (Å²) < 4.78 is 29.3. The van der Waals surface area contributed by atoms with Crippen molar-refractivity contribution in [3.05, 3.63) is 24.3 Å². The van der Waals surface area contributed by atoms with E-state index in [0.29, 0.717) is 30.7 Å². The van der Waals surface area contributed by atoms with Gasteiger partial charge in [-0.2, -0.15) is 0 Å². The second kappa shape index (κ2) is 7.95. The molecule has 1 aromatic carbocycles. The molecule has 0 aliphatic carbocycles. The Labute approximate surface area is 171 Å². The maximum absolute atomic E-state index is 13.3. The fraction of sp³-hybridized carbons (Fsp3) is 0.600. The standard InChI is InChI=1S/C20H27N3O5S/c1-21-19(24)18-12-23(16-4-2-3-5-17(16)28-18)20(25)14-6-9-22(10-7-14)15-8-11-29(26,27)13-15/h2-5,14-15,18H,6-13H2,1H3,(H,21,24)/t15-,18+/m1/s1. The van der Waals surface area contributed by atoms with Gasteiger partial charge in [0.05, 0.1) is 23.7 Å². The molecule has 1 aromatic rings. The van der Waals surface area contributed by atoms with E-state index in [1.54, 1.807) is 18.0 Å². The number of carbonyl (C=O) groups is 2. The Balaban J connectivity index is 1.45. The number of ether oxygens (including phenoxy) is 1. The number of nitrogens with one attached hydrogen (secondary N) is 1. The summed E-state index contributed by atoms with van der Waals surface area (Å²) in [5.74, 6) is 0.649. The van der Waals surface area contributed by atoms with Gasteiger partial charge < -0.3 is 15.0 Å². The van der Waals surface area contributed by atoms with Gasteiger partial charge in [-0.05, 0) is 44.5 Å². The highest BCUT2D eigenvalue weighted by Crippen LogP contribution is 2.35. The van der Waals surface area contributed by atoms with E-state index in [2.05, 4.69) is 10.2 Å². The van der Waals surface area contributed by atoms with Crippen LogP contribution < -0.4 is 15.0 Å². The van der Waals surface area contributed by atoms with E-state index in [9.17, 15) is 18.0 Å². The molecule has 1 N–H and O–H groups in total. The largest absolute Gasteiger partial charge is 0.477 e. The number of fused-ring (bicyclic) bond motifs is 1. The summed E-state index contributed by atoms with van der Waals surface area (Å²) in [5, 5.41) is 2.59. The molecule has 158 valence electrons. The first kappa shape index (κ1) is 20.2. The van der Waals surface area contributed by atoms with Crippen LogP contribution in [-0.2, 0) is 19.4 Å². The lowest BCUT2D eigenvalue weighted by Gasteiger charge is -2.39. The number of sulfone groups is 1. The van der Waals surface area contributed by atoms with Crippen molar-refractivity contribution in [2.75, 3.05) is 43.1 Å².